The monoisotopic (exact) mass is 474 g/mol. The molecule has 1 aliphatic rings. The van der Waals surface area contributed by atoms with Crippen molar-refractivity contribution >= 4 is 27.7 Å². The Labute approximate surface area is 182 Å². The molecule has 174 valence electrons. The highest BCUT2D eigenvalue weighted by Gasteiger charge is 2.32. The topological polar surface area (TPSA) is 122 Å². The van der Waals surface area contributed by atoms with Gasteiger partial charge in [-0.1, -0.05) is 11.2 Å². The average molecular weight is 474 g/mol. The molecule has 1 aromatic heterocycles. The van der Waals surface area contributed by atoms with Crippen molar-refractivity contribution in [3.05, 3.63) is 41.7 Å². The molecule has 3 rings (SSSR count). The summed E-state index contributed by atoms with van der Waals surface area (Å²) in [7, 11) is -4.31. The molecule has 0 radical (unpaired) electrons. The first-order valence-electron chi connectivity index (χ1n) is 9.64. The molecule has 0 bridgehead atoms. The lowest BCUT2D eigenvalue weighted by molar-refractivity contribution is -0.137. The number of aromatic nitrogens is 1. The smallest absolute Gasteiger partial charge is 0.360 e. The van der Waals surface area contributed by atoms with E-state index in [9.17, 15) is 31.2 Å². The first-order valence-corrected chi connectivity index (χ1v) is 11.1. The van der Waals surface area contributed by atoms with Gasteiger partial charge in [-0.25, -0.2) is 13.1 Å². The fourth-order valence-corrected chi connectivity index (χ4v) is 4.26. The third-order valence-corrected chi connectivity index (χ3v) is 6.38. The SMILES string of the molecule is Cc1cc(NC(=O)C2CCN(C(=O)CNS(=O)(=O)c3cccc(C(F)(F)F)c3)CC2)no1. The highest BCUT2D eigenvalue weighted by atomic mass is 32.2. The predicted molar refractivity (Wildman–Crippen MR) is 106 cm³/mol. The Balaban J connectivity index is 1.51. The molecule has 13 heteroatoms. The zero-order valence-corrected chi connectivity index (χ0v) is 17.8. The van der Waals surface area contributed by atoms with E-state index in [1.54, 1.807) is 13.0 Å². The predicted octanol–water partition coefficient (Wildman–Crippen LogP) is 2.16. The Morgan fingerprint density at radius 3 is 2.50 bits per heavy atom. The van der Waals surface area contributed by atoms with Crippen LogP contribution in [0.1, 0.15) is 24.2 Å². The van der Waals surface area contributed by atoms with E-state index in [1.165, 1.54) is 4.90 Å². The Morgan fingerprint density at radius 2 is 1.91 bits per heavy atom. The normalized spacial score (nSPS) is 15.6. The van der Waals surface area contributed by atoms with E-state index in [0.717, 1.165) is 18.2 Å². The summed E-state index contributed by atoms with van der Waals surface area (Å²) in [6, 6.07) is 4.84. The molecule has 9 nitrogen and oxygen atoms in total. The van der Waals surface area contributed by atoms with Gasteiger partial charge in [0.25, 0.3) is 0 Å². The van der Waals surface area contributed by atoms with Crippen molar-refractivity contribution in [2.75, 3.05) is 25.0 Å². The highest BCUT2D eigenvalue weighted by molar-refractivity contribution is 7.89. The summed E-state index contributed by atoms with van der Waals surface area (Å²) >= 11 is 0. The minimum absolute atomic E-state index is 0.236. The average Bonchev–Trinajstić information content (AvgIpc) is 3.16. The van der Waals surface area contributed by atoms with Crippen LogP contribution in [0.15, 0.2) is 39.8 Å². The number of hydrogen-bond acceptors (Lipinski definition) is 6. The van der Waals surface area contributed by atoms with Crippen molar-refractivity contribution in [3.63, 3.8) is 0 Å². The number of anilines is 1. The number of rotatable bonds is 6. The Kier molecular flexibility index (Phi) is 6.88. The van der Waals surface area contributed by atoms with E-state index in [0.29, 0.717) is 30.5 Å². The number of alkyl halides is 3. The largest absolute Gasteiger partial charge is 0.416 e. The molecule has 0 unspecified atom stereocenters. The molecule has 0 spiro atoms. The molecule has 1 aromatic carbocycles. The van der Waals surface area contributed by atoms with Crippen LogP contribution in [0.25, 0.3) is 0 Å². The highest BCUT2D eigenvalue weighted by Crippen LogP contribution is 2.30. The van der Waals surface area contributed by atoms with Gasteiger partial charge in [0, 0.05) is 25.1 Å². The van der Waals surface area contributed by atoms with Gasteiger partial charge in [0.15, 0.2) is 5.82 Å². The van der Waals surface area contributed by atoms with Gasteiger partial charge in [-0.3, -0.25) is 9.59 Å². The lowest BCUT2D eigenvalue weighted by atomic mass is 9.96. The van der Waals surface area contributed by atoms with E-state index in [2.05, 4.69) is 10.5 Å². The molecular formula is C19H21F3N4O5S. The van der Waals surface area contributed by atoms with Gasteiger partial charge >= 0.3 is 6.18 Å². The minimum atomic E-state index is -4.69. The number of amides is 2. The van der Waals surface area contributed by atoms with E-state index in [-0.39, 0.29) is 24.9 Å². The number of piperidine rings is 1. The number of likely N-dealkylation sites (tertiary alicyclic amines) is 1. The van der Waals surface area contributed by atoms with Crippen molar-refractivity contribution < 1.29 is 35.7 Å². The number of nitrogens with one attached hydrogen (secondary N) is 2. The number of carbonyl (C=O) groups is 2. The van der Waals surface area contributed by atoms with Gasteiger partial charge in [0.05, 0.1) is 17.0 Å². The first-order chi connectivity index (χ1) is 15.0. The molecule has 2 aromatic rings. The Morgan fingerprint density at radius 1 is 1.22 bits per heavy atom. The van der Waals surface area contributed by atoms with E-state index < -0.39 is 39.1 Å². The van der Waals surface area contributed by atoms with Crippen LogP contribution < -0.4 is 10.0 Å². The summed E-state index contributed by atoms with van der Waals surface area (Å²) in [6.45, 7) is 1.56. The first kappa shape index (κ1) is 23.7. The number of carbonyl (C=O) groups excluding carboxylic acids is 2. The molecular weight excluding hydrogens is 453 g/mol. The lowest BCUT2D eigenvalue weighted by Gasteiger charge is -2.31. The molecule has 1 fully saturated rings. The van der Waals surface area contributed by atoms with Gasteiger partial charge in [-0.15, -0.1) is 0 Å². The summed E-state index contributed by atoms with van der Waals surface area (Å²) in [6.07, 6.45) is -3.95. The van der Waals surface area contributed by atoms with Crippen LogP contribution in [0.2, 0.25) is 0 Å². The molecule has 1 saturated heterocycles. The second-order valence-corrected chi connectivity index (χ2v) is 9.08. The van der Waals surface area contributed by atoms with Crippen molar-refractivity contribution in [2.45, 2.75) is 30.8 Å². The second-order valence-electron chi connectivity index (χ2n) is 7.32. The van der Waals surface area contributed by atoms with Crippen LogP contribution in [-0.2, 0) is 25.8 Å². The molecule has 2 amide bonds. The molecule has 32 heavy (non-hydrogen) atoms. The lowest BCUT2D eigenvalue weighted by Crippen LogP contribution is -2.45. The van der Waals surface area contributed by atoms with Crippen molar-refractivity contribution in [3.8, 4) is 0 Å². The summed E-state index contributed by atoms with van der Waals surface area (Å²) in [4.78, 5) is 25.5. The van der Waals surface area contributed by atoms with Crippen molar-refractivity contribution in [1.29, 1.82) is 0 Å². The van der Waals surface area contributed by atoms with Crippen LogP contribution in [0.4, 0.5) is 19.0 Å². The standard InChI is InChI=1S/C19H21F3N4O5S/c1-12-9-16(25-31-12)24-18(28)13-5-7-26(8-6-13)17(27)11-23-32(29,30)15-4-2-3-14(10-15)19(20,21)22/h2-4,9-10,13,23H,5-8,11H2,1H3,(H,24,25,28). The number of hydrogen-bond donors (Lipinski definition) is 2. The van der Waals surface area contributed by atoms with E-state index in [1.807, 2.05) is 4.72 Å². The number of sulfonamides is 1. The summed E-state index contributed by atoms with van der Waals surface area (Å²) in [5.74, 6) is -0.289. The second kappa shape index (κ2) is 9.28. The maximum atomic E-state index is 12.8. The number of halogens is 3. The summed E-state index contributed by atoms with van der Waals surface area (Å²) < 4.78 is 70.0. The zero-order chi connectivity index (χ0) is 23.5. The maximum absolute atomic E-state index is 12.8. The van der Waals surface area contributed by atoms with Gasteiger partial charge in [-0.05, 0) is 38.0 Å². The molecule has 0 aliphatic carbocycles. The quantitative estimate of drug-likeness (QED) is 0.662. The number of nitrogens with zero attached hydrogens (tertiary/aromatic N) is 2. The van der Waals surface area contributed by atoms with Crippen LogP contribution >= 0.6 is 0 Å². The van der Waals surface area contributed by atoms with Gasteiger partial charge in [0.2, 0.25) is 21.8 Å². The van der Waals surface area contributed by atoms with Crippen LogP contribution in [0.3, 0.4) is 0 Å². The Hall–Kier alpha value is -2.93. The van der Waals surface area contributed by atoms with Crippen LogP contribution in [-0.4, -0.2) is 49.9 Å². The maximum Gasteiger partial charge on any atom is 0.416 e. The Bertz CT molecular complexity index is 1090. The number of aryl methyl sites for hydroxylation is 1. The molecule has 2 N–H and O–H groups in total. The van der Waals surface area contributed by atoms with Gasteiger partial charge in [0.1, 0.15) is 5.76 Å². The van der Waals surface area contributed by atoms with E-state index >= 15 is 0 Å². The van der Waals surface area contributed by atoms with E-state index in [4.69, 9.17) is 4.52 Å². The van der Waals surface area contributed by atoms with Crippen molar-refractivity contribution in [2.24, 2.45) is 5.92 Å². The number of benzene rings is 1. The van der Waals surface area contributed by atoms with Crippen LogP contribution in [0.5, 0.6) is 0 Å². The third kappa shape index (κ3) is 5.85. The molecule has 1 aliphatic heterocycles. The summed E-state index contributed by atoms with van der Waals surface area (Å²) in [5, 5.41) is 6.32. The molecule has 2 heterocycles. The molecule has 0 saturated carbocycles. The molecule has 0 atom stereocenters. The fourth-order valence-electron chi connectivity index (χ4n) is 3.24. The van der Waals surface area contributed by atoms with Gasteiger partial charge < -0.3 is 14.7 Å². The van der Waals surface area contributed by atoms with Gasteiger partial charge in [-0.2, -0.15) is 13.2 Å². The summed E-state index contributed by atoms with van der Waals surface area (Å²) in [5.41, 5.74) is -1.10. The van der Waals surface area contributed by atoms with Crippen molar-refractivity contribution in [1.82, 2.24) is 14.8 Å². The van der Waals surface area contributed by atoms with Crippen LogP contribution in [0, 0.1) is 12.8 Å². The minimum Gasteiger partial charge on any atom is -0.360 e. The fraction of sp³-hybridized carbons (Fsp3) is 0.421. The third-order valence-electron chi connectivity index (χ3n) is 4.98. The zero-order valence-electron chi connectivity index (χ0n) is 17.0.